The number of benzene rings is 2. The molecule has 2 aliphatic heterocycles. The Morgan fingerprint density at radius 3 is 2.45 bits per heavy atom. The lowest BCUT2D eigenvalue weighted by molar-refractivity contribution is -0.119. The van der Waals surface area contributed by atoms with Gasteiger partial charge in [0, 0.05) is 22.6 Å². The Morgan fingerprint density at radius 1 is 1.10 bits per heavy atom. The Bertz CT molecular complexity index is 999. The molecule has 1 amide bonds. The van der Waals surface area contributed by atoms with Gasteiger partial charge < -0.3 is 0 Å². The lowest BCUT2D eigenvalue weighted by atomic mass is 9.91. The zero-order valence-electron chi connectivity index (χ0n) is 17.5. The molecule has 3 aliphatic rings. The summed E-state index contributed by atoms with van der Waals surface area (Å²) in [4.78, 5) is 13.3. The van der Waals surface area contributed by atoms with Crippen molar-refractivity contribution in [3.05, 3.63) is 62.7 Å². The normalized spacial score (nSPS) is 28.0. The fourth-order valence-corrected chi connectivity index (χ4v) is 5.92. The van der Waals surface area contributed by atoms with Crippen molar-refractivity contribution in [3.63, 3.8) is 0 Å². The van der Waals surface area contributed by atoms with Gasteiger partial charge in [-0.05, 0) is 77.1 Å². The second-order valence-electron chi connectivity index (χ2n) is 8.86. The maximum absolute atomic E-state index is 13.3. The largest absolute Gasteiger partial charge is 0.284 e. The van der Waals surface area contributed by atoms with Gasteiger partial charge in [0.2, 0.25) is 0 Å². The number of hydrogen-bond donors (Lipinski definition) is 1. The molecule has 2 heterocycles. The highest BCUT2D eigenvalue weighted by atomic mass is 127. The van der Waals surface area contributed by atoms with Crippen LogP contribution in [0.4, 0.5) is 5.69 Å². The van der Waals surface area contributed by atoms with Crippen LogP contribution in [-0.2, 0) is 4.79 Å². The van der Waals surface area contributed by atoms with Gasteiger partial charge in [0.1, 0.15) is 5.71 Å². The summed E-state index contributed by atoms with van der Waals surface area (Å²) >= 11 is 8.84. The van der Waals surface area contributed by atoms with E-state index in [2.05, 4.69) is 64.2 Å². The first-order valence-electron chi connectivity index (χ1n) is 10.9. The lowest BCUT2D eigenvalue weighted by Gasteiger charge is -2.27. The van der Waals surface area contributed by atoms with E-state index in [0.29, 0.717) is 10.7 Å². The molecule has 2 aromatic carbocycles. The number of anilines is 1. The van der Waals surface area contributed by atoms with E-state index in [4.69, 9.17) is 16.7 Å². The zero-order chi connectivity index (χ0) is 21.5. The summed E-state index contributed by atoms with van der Waals surface area (Å²) < 4.78 is 1.18. The smallest absolute Gasteiger partial charge is 0.282 e. The Hall–Kier alpha value is -1.64. The molecule has 0 spiro atoms. The zero-order valence-corrected chi connectivity index (χ0v) is 20.4. The average Bonchev–Trinajstić information content (AvgIpc) is 3.43. The van der Waals surface area contributed by atoms with Crippen molar-refractivity contribution in [3.8, 4) is 0 Å². The number of nitrogens with zero attached hydrogens (tertiary/aromatic N) is 3. The summed E-state index contributed by atoms with van der Waals surface area (Å²) in [6, 6.07) is 16.0. The van der Waals surface area contributed by atoms with Crippen molar-refractivity contribution in [1.82, 2.24) is 10.4 Å². The standard InChI is InChI=1S/C24H26ClIN4O/c1-15-22(24(31)28-29-13-17-5-4-6-18(17)14-29)27-30(21-8-3-2-7-20(21)25)23(15)16-9-11-19(26)12-10-16/h2-3,7-12,15,17-18,23H,4-6,13-14H2,1H3,(H,28,31)/t15-,17?,18?,23+/m1/s1. The number of hydrazone groups is 1. The number of halogens is 2. The number of hydrogen-bond acceptors (Lipinski definition) is 4. The molecule has 7 heteroatoms. The minimum absolute atomic E-state index is 0.0709. The highest BCUT2D eigenvalue weighted by molar-refractivity contribution is 14.1. The van der Waals surface area contributed by atoms with E-state index in [0.717, 1.165) is 36.2 Å². The quantitative estimate of drug-likeness (QED) is 0.530. The number of carbonyl (C=O) groups excluding carboxylic acids is 1. The van der Waals surface area contributed by atoms with Gasteiger partial charge in [-0.2, -0.15) is 5.10 Å². The first kappa shape index (κ1) is 21.2. The third-order valence-corrected chi connectivity index (χ3v) is 7.95. The highest BCUT2D eigenvalue weighted by Gasteiger charge is 2.42. The van der Waals surface area contributed by atoms with Crippen molar-refractivity contribution in [2.75, 3.05) is 18.1 Å². The van der Waals surface area contributed by atoms with Gasteiger partial charge in [-0.25, -0.2) is 5.01 Å². The topological polar surface area (TPSA) is 47.9 Å². The van der Waals surface area contributed by atoms with Gasteiger partial charge >= 0.3 is 0 Å². The second kappa shape index (κ2) is 8.71. The van der Waals surface area contributed by atoms with E-state index in [1.165, 1.54) is 22.8 Å². The summed E-state index contributed by atoms with van der Waals surface area (Å²) in [5.74, 6) is 1.28. The van der Waals surface area contributed by atoms with Gasteiger partial charge in [0.25, 0.3) is 5.91 Å². The number of fused-ring (bicyclic) bond motifs is 1. The predicted molar refractivity (Wildman–Crippen MR) is 133 cm³/mol. The number of carbonyl (C=O) groups is 1. The molecule has 0 radical (unpaired) electrons. The van der Waals surface area contributed by atoms with E-state index >= 15 is 0 Å². The van der Waals surface area contributed by atoms with Crippen LogP contribution >= 0.6 is 34.2 Å². The van der Waals surface area contributed by atoms with Crippen LogP contribution in [0.15, 0.2) is 53.6 Å². The molecule has 1 aliphatic carbocycles. The third kappa shape index (κ3) is 4.10. The molecule has 162 valence electrons. The molecular formula is C24H26ClIN4O. The van der Waals surface area contributed by atoms with Crippen LogP contribution in [0, 0.1) is 21.3 Å². The van der Waals surface area contributed by atoms with Crippen LogP contribution in [0.5, 0.6) is 0 Å². The number of hydrazine groups is 1. The first-order chi connectivity index (χ1) is 15.0. The Kier molecular flexibility index (Phi) is 5.96. The number of nitrogens with one attached hydrogen (secondary N) is 1. The van der Waals surface area contributed by atoms with Gasteiger partial charge in [-0.1, -0.05) is 49.2 Å². The molecule has 2 aromatic rings. The Morgan fingerprint density at radius 2 is 1.77 bits per heavy atom. The van der Waals surface area contributed by atoms with Crippen LogP contribution in [0.3, 0.4) is 0 Å². The molecule has 1 saturated carbocycles. The van der Waals surface area contributed by atoms with E-state index in [-0.39, 0.29) is 17.9 Å². The molecule has 31 heavy (non-hydrogen) atoms. The highest BCUT2D eigenvalue weighted by Crippen LogP contribution is 2.42. The van der Waals surface area contributed by atoms with Crippen molar-refractivity contribution in [1.29, 1.82) is 0 Å². The molecule has 0 bridgehead atoms. The SMILES string of the molecule is C[C@@H]1C(C(=O)NN2CC3CCCC3C2)=NN(c2ccccc2Cl)[C@@H]1c1ccc(I)cc1. The number of rotatable bonds is 4. The second-order valence-corrected chi connectivity index (χ2v) is 10.5. The lowest BCUT2D eigenvalue weighted by Crippen LogP contribution is -2.45. The van der Waals surface area contributed by atoms with Gasteiger partial charge in [-0.15, -0.1) is 0 Å². The van der Waals surface area contributed by atoms with Crippen LogP contribution in [-0.4, -0.2) is 29.7 Å². The maximum atomic E-state index is 13.3. The minimum atomic E-state index is -0.0995. The van der Waals surface area contributed by atoms with Crippen LogP contribution in [0.2, 0.25) is 5.02 Å². The van der Waals surface area contributed by atoms with Crippen molar-refractivity contribution < 1.29 is 4.79 Å². The Balaban J connectivity index is 1.43. The molecule has 0 aromatic heterocycles. The minimum Gasteiger partial charge on any atom is -0.284 e. The monoisotopic (exact) mass is 548 g/mol. The summed E-state index contributed by atoms with van der Waals surface area (Å²) in [5.41, 5.74) is 5.64. The molecule has 5 nitrogen and oxygen atoms in total. The molecule has 2 fully saturated rings. The van der Waals surface area contributed by atoms with Crippen LogP contribution in [0.25, 0.3) is 0 Å². The van der Waals surface area contributed by atoms with Crippen LogP contribution in [0.1, 0.15) is 37.8 Å². The van der Waals surface area contributed by atoms with Gasteiger partial charge in [-0.3, -0.25) is 15.2 Å². The summed E-state index contributed by atoms with van der Waals surface area (Å²) in [6.45, 7) is 3.98. The molecule has 1 saturated heterocycles. The van der Waals surface area contributed by atoms with Gasteiger partial charge in [0.15, 0.2) is 0 Å². The predicted octanol–water partition coefficient (Wildman–Crippen LogP) is 5.26. The first-order valence-corrected chi connectivity index (χ1v) is 12.4. The number of amides is 1. The van der Waals surface area contributed by atoms with E-state index in [1.54, 1.807) is 0 Å². The van der Waals surface area contributed by atoms with E-state index < -0.39 is 0 Å². The fourth-order valence-electron chi connectivity index (χ4n) is 5.34. The van der Waals surface area contributed by atoms with Crippen LogP contribution < -0.4 is 10.4 Å². The van der Waals surface area contributed by atoms with E-state index in [9.17, 15) is 4.79 Å². The fraction of sp³-hybridized carbons (Fsp3) is 0.417. The summed E-state index contributed by atoms with van der Waals surface area (Å²) in [7, 11) is 0. The summed E-state index contributed by atoms with van der Waals surface area (Å²) in [6.07, 6.45) is 3.89. The van der Waals surface area contributed by atoms with Crippen molar-refractivity contribution in [2.45, 2.75) is 32.2 Å². The maximum Gasteiger partial charge on any atom is 0.282 e. The molecule has 1 N–H and O–H groups in total. The van der Waals surface area contributed by atoms with Gasteiger partial charge in [0.05, 0.1) is 16.8 Å². The molecule has 2 unspecified atom stereocenters. The molecular weight excluding hydrogens is 523 g/mol. The van der Waals surface area contributed by atoms with E-state index in [1.807, 2.05) is 29.3 Å². The Labute approximate surface area is 201 Å². The summed E-state index contributed by atoms with van der Waals surface area (Å²) in [5, 5.41) is 9.47. The number of para-hydroxylation sites is 1. The molecule has 5 rings (SSSR count). The third-order valence-electron chi connectivity index (χ3n) is 6.91. The van der Waals surface area contributed by atoms with Crippen molar-refractivity contribution >= 4 is 51.5 Å². The average molecular weight is 549 g/mol. The molecule has 4 atom stereocenters. The van der Waals surface area contributed by atoms with Crippen molar-refractivity contribution in [2.24, 2.45) is 22.9 Å².